The molecule has 0 unspecified atom stereocenters. The Balaban J connectivity index is 2.26. The molecule has 2 heterocycles. The minimum Gasteiger partial charge on any atom is -0.385 e. The number of anilines is 2. The summed E-state index contributed by atoms with van der Waals surface area (Å²) in [7, 11) is 1.68. The fraction of sp³-hybridized carbons (Fsp3) is 0.500. The van der Waals surface area contributed by atoms with Gasteiger partial charge in [0.15, 0.2) is 0 Å². The predicted molar refractivity (Wildman–Crippen MR) is 85.9 cm³/mol. The van der Waals surface area contributed by atoms with Gasteiger partial charge in [0.05, 0.1) is 5.52 Å². The molecular weight excluding hydrogens is 286 g/mol. The van der Waals surface area contributed by atoms with E-state index in [9.17, 15) is 9.59 Å². The number of rotatable bonds is 7. The summed E-state index contributed by atoms with van der Waals surface area (Å²) in [5.74, 6) is 0.178. The van der Waals surface area contributed by atoms with Crippen molar-refractivity contribution in [2.24, 2.45) is 0 Å². The normalized spacial score (nSPS) is 11.1. The van der Waals surface area contributed by atoms with Gasteiger partial charge in [-0.2, -0.15) is 4.98 Å². The number of fused-ring (bicyclic) bond motifs is 1. The van der Waals surface area contributed by atoms with E-state index in [4.69, 9.17) is 16.2 Å². The fourth-order valence-electron chi connectivity index (χ4n) is 2.50. The maximum Gasteiger partial charge on any atom is 0.347 e. The molecule has 6 N–H and O–H groups in total. The number of aryl methyl sites for hydroxylation is 1. The molecule has 120 valence electrons. The number of nitrogens with zero attached hydrogens (tertiary/aromatic N) is 1. The molecule has 0 spiro atoms. The van der Waals surface area contributed by atoms with Crippen LogP contribution in [0.25, 0.3) is 10.9 Å². The highest BCUT2D eigenvalue weighted by molar-refractivity contribution is 5.91. The maximum absolute atomic E-state index is 11.9. The summed E-state index contributed by atoms with van der Waals surface area (Å²) in [6, 6.07) is 0. The summed E-state index contributed by atoms with van der Waals surface area (Å²) in [6.45, 7) is 0.749. The van der Waals surface area contributed by atoms with Crippen molar-refractivity contribution in [2.75, 3.05) is 25.2 Å². The number of unbranched alkanes of at least 4 members (excludes halogenated alkanes) is 3. The summed E-state index contributed by atoms with van der Waals surface area (Å²) in [4.78, 5) is 32.1. The summed E-state index contributed by atoms with van der Waals surface area (Å²) in [5, 5.41) is 0.184. The number of aromatic amines is 2. The molecule has 0 aromatic carbocycles. The molecule has 0 radical (unpaired) electrons. The number of nitrogen functional groups attached to an aromatic ring is 2. The van der Waals surface area contributed by atoms with Crippen LogP contribution in [0.4, 0.5) is 11.6 Å². The van der Waals surface area contributed by atoms with E-state index in [1.54, 1.807) is 7.11 Å². The summed E-state index contributed by atoms with van der Waals surface area (Å²) >= 11 is 0. The highest BCUT2D eigenvalue weighted by Gasteiger charge is 2.14. The first-order chi connectivity index (χ1) is 10.5. The van der Waals surface area contributed by atoms with Gasteiger partial charge in [-0.1, -0.05) is 12.8 Å². The molecule has 0 atom stereocenters. The van der Waals surface area contributed by atoms with Crippen LogP contribution in [0.3, 0.4) is 0 Å². The Labute approximate surface area is 126 Å². The van der Waals surface area contributed by atoms with Gasteiger partial charge in [-0.3, -0.25) is 4.79 Å². The zero-order valence-electron chi connectivity index (χ0n) is 12.6. The Morgan fingerprint density at radius 1 is 1.09 bits per heavy atom. The molecule has 0 fully saturated rings. The number of H-pyrrole nitrogens is 2. The average molecular weight is 307 g/mol. The summed E-state index contributed by atoms with van der Waals surface area (Å²) < 4.78 is 5.00. The Kier molecular flexibility index (Phi) is 5.16. The van der Waals surface area contributed by atoms with E-state index < -0.39 is 11.2 Å². The van der Waals surface area contributed by atoms with Crippen LogP contribution in [0, 0.1) is 0 Å². The third kappa shape index (κ3) is 3.45. The molecule has 8 nitrogen and oxygen atoms in total. The smallest absolute Gasteiger partial charge is 0.347 e. The van der Waals surface area contributed by atoms with Crippen LogP contribution in [0.15, 0.2) is 9.59 Å². The molecule has 2 aromatic heterocycles. The minimum absolute atomic E-state index is 0.0821. The van der Waals surface area contributed by atoms with Gasteiger partial charge in [-0.05, 0) is 19.3 Å². The molecule has 0 amide bonds. The molecule has 0 bridgehead atoms. The maximum atomic E-state index is 11.9. The van der Waals surface area contributed by atoms with Crippen molar-refractivity contribution in [3.8, 4) is 0 Å². The van der Waals surface area contributed by atoms with E-state index in [0.29, 0.717) is 17.5 Å². The lowest BCUT2D eigenvalue weighted by Crippen LogP contribution is -2.21. The molecular formula is C14H21N5O3. The van der Waals surface area contributed by atoms with Crippen LogP contribution >= 0.6 is 0 Å². The first-order valence-electron chi connectivity index (χ1n) is 7.23. The Morgan fingerprint density at radius 3 is 2.55 bits per heavy atom. The number of aromatic nitrogens is 3. The second-order valence-corrected chi connectivity index (χ2v) is 5.18. The molecule has 2 rings (SSSR count). The van der Waals surface area contributed by atoms with Crippen molar-refractivity contribution >= 4 is 22.5 Å². The predicted octanol–water partition coefficient (Wildman–Crippen LogP) is 0.525. The minimum atomic E-state index is -0.587. The second kappa shape index (κ2) is 7.08. The van der Waals surface area contributed by atoms with E-state index >= 15 is 0 Å². The van der Waals surface area contributed by atoms with Gasteiger partial charge < -0.3 is 26.2 Å². The third-order valence-electron chi connectivity index (χ3n) is 3.59. The molecule has 0 aliphatic carbocycles. The molecule has 0 aliphatic heterocycles. The van der Waals surface area contributed by atoms with Crippen molar-refractivity contribution in [3.05, 3.63) is 26.4 Å². The van der Waals surface area contributed by atoms with Gasteiger partial charge in [0.2, 0.25) is 0 Å². The fourth-order valence-corrected chi connectivity index (χ4v) is 2.50. The average Bonchev–Trinajstić information content (AvgIpc) is 2.44. The summed E-state index contributed by atoms with van der Waals surface area (Å²) in [5.41, 5.74) is 11.6. The van der Waals surface area contributed by atoms with Gasteiger partial charge in [0.25, 0.3) is 5.56 Å². The molecule has 0 saturated heterocycles. The summed E-state index contributed by atoms with van der Waals surface area (Å²) in [6.07, 6.45) is 4.60. The Bertz CT molecular complexity index is 765. The highest BCUT2D eigenvalue weighted by atomic mass is 16.5. The van der Waals surface area contributed by atoms with Crippen molar-refractivity contribution in [3.63, 3.8) is 0 Å². The molecule has 0 saturated carbocycles. The van der Waals surface area contributed by atoms with E-state index in [1.807, 2.05) is 0 Å². The van der Waals surface area contributed by atoms with Crippen molar-refractivity contribution in [1.29, 1.82) is 0 Å². The van der Waals surface area contributed by atoms with Crippen LogP contribution in [0.5, 0.6) is 0 Å². The monoisotopic (exact) mass is 307 g/mol. The molecule has 8 heteroatoms. The molecule has 22 heavy (non-hydrogen) atoms. The van der Waals surface area contributed by atoms with Crippen LogP contribution < -0.4 is 22.7 Å². The zero-order valence-corrected chi connectivity index (χ0v) is 12.6. The van der Waals surface area contributed by atoms with Crippen LogP contribution in [0.1, 0.15) is 31.2 Å². The van der Waals surface area contributed by atoms with Crippen LogP contribution in [-0.4, -0.2) is 28.7 Å². The number of pyridine rings is 1. The van der Waals surface area contributed by atoms with Gasteiger partial charge in [0.1, 0.15) is 17.0 Å². The topological polar surface area (TPSA) is 140 Å². The lowest BCUT2D eigenvalue weighted by Gasteiger charge is -2.10. The van der Waals surface area contributed by atoms with E-state index in [1.165, 1.54) is 0 Å². The molecule has 0 aliphatic rings. The van der Waals surface area contributed by atoms with E-state index in [-0.39, 0.29) is 17.0 Å². The van der Waals surface area contributed by atoms with E-state index in [0.717, 1.165) is 32.3 Å². The number of nitrogens with two attached hydrogens (primary N) is 2. The number of hydrogen-bond acceptors (Lipinski definition) is 6. The standard InChI is InChI=1S/C14H21N5O3/c1-22-7-5-3-2-4-6-8-10-9(13(20)18-11(8)15)12(16)19-14(21)17-10/h2-7H2,1H3,(H3,15,18,20)(H3,16,17,19,21). The quantitative estimate of drug-likeness (QED) is 0.550. The van der Waals surface area contributed by atoms with Crippen molar-refractivity contribution in [2.45, 2.75) is 32.1 Å². The first-order valence-corrected chi connectivity index (χ1v) is 7.23. The second-order valence-electron chi connectivity index (χ2n) is 5.18. The lowest BCUT2D eigenvalue weighted by atomic mass is 10.0. The molecule has 2 aromatic rings. The van der Waals surface area contributed by atoms with Gasteiger partial charge in [0, 0.05) is 19.3 Å². The third-order valence-corrected chi connectivity index (χ3v) is 3.59. The Hall–Kier alpha value is -2.35. The van der Waals surface area contributed by atoms with Gasteiger partial charge in [-0.25, -0.2) is 4.79 Å². The van der Waals surface area contributed by atoms with Crippen LogP contribution in [-0.2, 0) is 11.2 Å². The number of ether oxygens (including phenoxy) is 1. The van der Waals surface area contributed by atoms with Crippen LogP contribution in [0.2, 0.25) is 0 Å². The SMILES string of the molecule is COCCCCCCc1c(N)[nH]c(=O)c2c(N)nc(=O)[nH]c12. The lowest BCUT2D eigenvalue weighted by molar-refractivity contribution is 0.192. The highest BCUT2D eigenvalue weighted by Crippen LogP contribution is 2.21. The number of hydrogen-bond donors (Lipinski definition) is 4. The number of nitrogens with one attached hydrogen (secondary N) is 2. The van der Waals surface area contributed by atoms with Gasteiger partial charge >= 0.3 is 5.69 Å². The number of methoxy groups -OCH3 is 1. The van der Waals surface area contributed by atoms with E-state index in [2.05, 4.69) is 15.0 Å². The Morgan fingerprint density at radius 2 is 1.82 bits per heavy atom. The largest absolute Gasteiger partial charge is 0.385 e. The van der Waals surface area contributed by atoms with Crippen molar-refractivity contribution < 1.29 is 4.74 Å². The first kappa shape index (κ1) is 16.0. The van der Waals surface area contributed by atoms with Crippen molar-refractivity contribution in [1.82, 2.24) is 15.0 Å². The zero-order chi connectivity index (χ0) is 16.1. The van der Waals surface area contributed by atoms with Gasteiger partial charge in [-0.15, -0.1) is 0 Å².